The van der Waals surface area contributed by atoms with Crippen LogP contribution in [0, 0.1) is 0 Å². The SMILES string of the molecule is CCN1CCN(CCN(CC)C(CCC(=O)OCc2ccccc2)C(=O)OC(C)(C)C)CCCN(CC(=O)OC(C)(C)C)CC1. The van der Waals surface area contributed by atoms with Crippen LogP contribution in [0.25, 0.3) is 0 Å². The third kappa shape index (κ3) is 16.6. The van der Waals surface area contributed by atoms with E-state index in [9.17, 15) is 14.4 Å². The van der Waals surface area contributed by atoms with Gasteiger partial charge in [0, 0.05) is 52.2 Å². The third-order valence-corrected chi connectivity index (χ3v) is 7.73. The van der Waals surface area contributed by atoms with Crippen molar-refractivity contribution >= 4 is 17.9 Å². The summed E-state index contributed by atoms with van der Waals surface area (Å²) in [7, 11) is 0. The summed E-state index contributed by atoms with van der Waals surface area (Å²) in [6, 6.07) is 9.04. The monoisotopic (exact) mass is 632 g/mol. The van der Waals surface area contributed by atoms with Crippen LogP contribution in [0.3, 0.4) is 0 Å². The molecule has 1 fully saturated rings. The van der Waals surface area contributed by atoms with E-state index >= 15 is 0 Å². The van der Waals surface area contributed by atoms with Crippen LogP contribution in [0.4, 0.5) is 0 Å². The first kappa shape index (κ1) is 38.7. The van der Waals surface area contributed by atoms with E-state index in [1.165, 1.54) is 0 Å². The molecule has 1 aromatic rings. The molecule has 0 saturated carbocycles. The molecule has 0 spiro atoms. The lowest BCUT2D eigenvalue weighted by atomic mass is 10.1. The predicted octanol–water partition coefficient (Wildman–Crippen LogP) is 4.21. The van der Waals surface area contributed by atoms with Crippen molar-refractivity contribution in [3.8, 4) is 0 Å². The van der Waals surface area contributed by atoms with Crippen molar-refractivity contribution in [1.82, 2.24) is 19.6 Å². The molecule has 0 aliphatic carbocycles. The Morgan fingerprint density at radius 2 is 1.40 bits per heavy atom. The zero-order valence-corrected chi connectivity index (χ0v) is 29.3. The quantitative estimate of drug-likeness (QED) is 0.219. The molecule has 1 heterocycles. The molecule has 0 N–H and O–H groups in total. The molecule has 1 aliphatic heterocycles. The van der Waals surface area contributed by atoms with Crippen molar-refractivity contribution in [2.75, 3.05) is 72.0 Å². The summed E-state index contributed by atoms with van der Waals surface area (Å²) < 4.78 is 16.9. The van der Waals surface area contributed by atoms with Crippen LogP contribution in [0.15, 0.2) is 30.3 Å². The van der Waals surface area contributed by atoms with Gasteiger partial charge in [-0.3, -0.25) is 24.2 Å². The molecular formula is C35H60N4O6. The lowest BCUT2D eigenvalue weighted by Crippen LogP contribution is -2.49. The molecule has 0 bridgehead atoms. The third-order valence-electron chi connectivity index (χ3n) is 7.73. The molecule has 1 saturated heterocycles. The summed E-state index contributed by atoms with van der Waals surface area (Å²) in [4.78, 5) is 47.8. The molecule has 256 valence electrons. The number of carbonyl (C=O) groups excluding carboxylic acids is 3. The Bertz CT molecular complexity index is 1020. The first-order valence-corrected chi connectivity index (χ1v) is 16.7. The van der Waals surface area contributed by atoms with Crippen molar-refractivity contribution in [3.63, 3.8) is 0 Å². The van der Waals surface area contributed by atoms with E-state index < -0.39 is 17.2 Å². The summed E-state index contributed by atoms with van der Waals surface area (Å²) in [5.41, 5.74) is -0.193. The molecule has 1 atom stereocenters. The highest BCUT2D eigenvalue weighted by Gasteiger charge is 2.31. The van der Waals surface area contributed by atoms with Gasteiger partial charge < -0.3 is 24.0 Å². The second kappa shape index (κ2) is 19.2. The topological polar surface area (TPSA) is 91.9 Å². The van der Waals surface area contributed by atoms with Crippen LogP contribution < -0.4 is 0 Å². The zero-order chi connectivity index (χ0) is 33.5. The average Bonchev–Trinajstić information content (AvgIpc) is 2.95. The predicted molar refractivity (Wildman–Crippen MR) is 178 cm³/mol. The maximum atomic E-state index is 13.4. The van der Waals surface area contributed by atoms with Gasteiger partial charge in [0.25, 0.3) is 0 Å². The molecule has 1 aliphatic rings. The smallest absolute Gasteiger partial charge is 0.323 e. The standard InChI is InChI=1S/C35H60N4O6/c1-9-36-21-23-37(19-14-20-38(24-22-36)27-32(41)44-34(3,4)5)25-26-39(10-2)30(33(42)45-35(6,7)8)17-18-31(40)43-28-29-15-12-11-13-16-29/h11-13,15-16,30H,9-10,14,17-28H2,1-8H3. The van der Waals surface area contributed by atoms with Gasteiger partial charge in [0.15, 0.2) is 0 Å². The van der Waals surface area contributed by atoms with Gasteiger partial charge in [0.1, 0.15) is 23.9 Å². The highest BCUT2D eigenvalue weighted by atomic mass is 16.6. The number of likely N-dealkylation sites (N-methyl/N-ethyl adjacent to an activating group) is 2. The van der Waals surface area contributed by atoms with Crippen LogP contribution in [-0.2, 0) is 35.2 Å². The minimum Gasteiger partial charge on any atom is -0.461 e. The lowest BCUT2D eigenvalue weighted by molar-refractivity contribution is -0.162. The lowest BCUT2D eigenvalue weighted by Gasteiger charge is -2.35. The van der Waals surface area contributed by atoms with Crippen LogP contribution >= 0.6 is 0 Å². The van der Waals surface area contributed by atoms with Gasteiger partial charge in [-0.25, -0.2) is 0 Å². The van der Waals surface area contributed by atoms with Crippen LogP contribution in [0.1, 0.15) is 80.2 Å². The maximum Gasteiger partial charge on any atom is 0.323 e. The van der Waals surface area contributed by atoms with Crippen LogP contribution in [-0.4, -0.2) is 127 Å². The summed E-state index contributed by atoms with van der Waals surface area (Å²) in [6.45, 7) is 24.4. The van der Waals surface area contributed by atoms with Gasteiger partial charge in [0.2, 0.25) is 0 Å². The first-order chi connectivity index (χ1) is 21.2. The summed E-state index contributed by atoms with van der Waals surface area (Å²) in [5.74, 6) is -0.818. The maximum absolute atomic E-state index is 13.4. The van der Waals surface area contributed by atoms with Crippen molar-refractivity contribution in [2.45, 2.75) is 98.5 Å². The molecular weight excluding hydrogens is 572 g/mol. The van der Waals surface area contributed by atoms with Crippen LogP contribution in [0.5, 0.6) is 0 Å². The number of rotatable bonds is 14. The van der Waals surface area contributed by atoms with Crippen molar-refractivity contribution in [2.24, 2.45) is 0 Å². The summed E-state index contributed by atoms with van der Waals surface area (Å²) in [5, 5.41) is 0. The first-order valence-electron chi connectivity index (χ1n) is 16.7. The van der Waals surface area contributed by atoms with E-state index in [-0.39, 0.29) is 30.9 Å². The van der Waals surface area contributed by atoms with Gasteiger partial charge in [0.05, 0.1) is 6.54 Å². The van der Waals surface area contributed by atoms with E-state index in [4.69, 9.17) is 14.2 Å². The molecule has 2 rings (SSSR count). The molecule has 1 unspecified atom stereocenters. The highest BCUT2D eigenvalue weighted by molar-refractivity contribution is 5.77. The van der Waals surface area contributed by atoms with Gasteiger partial charge in [-0.15, -0.1) is 0 Å². The normalized spacial score (nSPS) is 17.1. The van der Waals surface area contributed by atoms with Gasteiger partial charge in [-0.1, -0.05) is 44.2 Å². The summed E-state index contributed by atoms with van der Waals surface area (Å²) in [6.07, 6.45) is 1.40. The molecule has 0 aromatic heterocycles. The number of esters is 3. The van der Waals surface area contributed by atoms with E-state index in [1.54, 1.807) is 0 Å². The number of hydrogen-bond donors (Lipinski definition) is 0. The van der Waals surface area contributed by atoms with E-state index in [2.05, 4.69) is 26.5 Å². The highest BCUT2D eigenvalue weighted by Crippen LogP contribution is 2.17. The van der Waals surface area contributed by atoms with Gasteiger partial charge in [-0.2, -0.15) is 0 Å². The number of hydrogen-bond acceptors (Lipinski definition) is 10. The Morgan fingerprint density at radius 3 is 2.00 bits per heavy atom. The Kier molecular flexibility index (Phi) is 16.5. The fraction of sp³-hybridized carbons (Fsp3) is 0.743. The minimum absolute atomic E-state index is 0.135. The Balaban J connectivity index is 2.03. The second-order valence-corrected chi connectivity index (χ2v) is 13.9. The average molecular weight is 633 g/mol. The fourth-order valence-electron chi connectivity index (χ4n) is 5.36. The van der Waals surface area contributed by atoms with Crippen molar-refractivity contribution in [1.29, 1.82) is 0 Å². The zero-order valence-electron chi connectivity index (χ0n) is 29.3. The number of benzene rings is 1. The molecule has 10 heteroatoms. The summed E-state index contributed by atoms with van der Waals surface area (Å²) >= 11 is 0. The van der Waals surface area contributed by atoms with Gasteiger partial charge in [-0.05, 0) is 79.6 Å². The number of nitrogens with zero attached hydrogens (tertiary/aromatic N) is 4. The van der Waals surface area contributed by atoms with E-state index in [0.717, 1.165) is 64.3 Å². The molecule has 45 heavy (non-hydrogen) atoms. The molecule has 1 aromatic carbocycles. The van der Waals surface area contributed by atoms with Crippen molar-refractivity contribution < 1.29 is 28.6 Å². The minimum atomic E-state index is -0.628. The molecule has 0 radical (unpaired) electrons. The largest absolute Gasteiger partial charge is 0.461 e. The Morgan fingerprint density at radius 1 is 0.800 bits per heavy atom. The molecule has 10 nitrogen and oxygen atoms in total. The second-order valence-electron chi connectivity index (χ2n) is 13.9. The Labute approximate surface area is 272 Å². The van der Waals surface area contributed by atoms with Crippen molar-refractivity contribution in [3.05, 3.63) is 35.9 Å². The van der Waals surface area contributed by atoms with E-state index in [0.29, 0.717) is 26.1 Å². The van der Waals surface area contributed by atoms with Crippen LogP contribution in [0.2, 0.25) is 0 Å². The number of carbonyl (C=O) groups is 3. The molecule has 0 amide bonds. The fourth-order valence-corrected chi connectivity index (χ4v) is 5.36. The van der Waals surface area contributed by atoms with Gasteiger partial charge >= 0.3 is 17.9 Å². The number of ether oxygens (including phenoxy) is 3. The Hall–Kier alpha value is -2.53. The van der Waals surface area contributed by atoms with E-state index in [1.807, 2.05) is 78.8 Å².